The van der Waals surface area contributed by atoms with Gasteiger partial charge in [-0.3, -0.25) is 9.59 Å². The second-order valence-electron chi connectivity index (χ2n) is 5.99. The first-order chi connectivity index (χ1) is 12.3. The fourth-order valence-corrected chi connectivity index (χ4v) is 2.50. The summed E-state index contributed by atoms with van der Waals surface area (Å²) in [5.41, 5.74) is 0.797. The molecule has 0 fully saturated rings. The van der Waals surface area contributed by atoms with Gasteiger partial charge in [-0.1, -0.05) is 44.0 Å². The Morgan fingerprint density at radius 2 is 1.88 bits per heavy atom. The summed E-state index contributed by atoms with van der Waals surface area (Å²) in [6, 6.07) is 8.76. The molecule has 0 spiro atoms. The molecule has 0 saturated carbocycles. The van der Waals surface area contributed by atoms with Crippen LogP contribution in [0.5, 0.6) is 0 Å². The smallest absolute Gasteiger partial charge is 0.326 e. The van der Waals surface area contributed by atoms with Crippen LogP contribution in [0.3, 0.4) is 0 Å². The van der Waals surface area contributed by atoms with Crippen molar-refractivity contribution in [1.82, 2.24) is 15.1 Å². The number of hydrogen-bond acceptors (Lipinski definition) is 4. The number of aromatic nitrogens is 2. The molecule has 0 aliphatic heterocycles. The van der Waals surface area contributed by atoms with Crippen molar-refractivity contribution in [2.75, 3.05) is 0 Å². The Labute approximate surface area is 155 Å². The van der Waals surface area contributed by atoms with Crippen molar-refractivity contribution in [2.45, 2.75) is 32.9 Å². The topological polar surface area (TPSA) is 101 Å². The number of halogens is 1. The quantitative estimate of drug-likeness (QED) is 0.770. The number of amides is 1. The van der Waals surface area contributed by atoms with E-state index in [0.29, 0.717) is 17.1 Å². The molecule has 7 nitrogen and oxygen atoms in total. The summed E-state index contributed by atoms with van der Waals surface area (Å²) in [5.74, 6) is -1.93. The van der Waals surface area contributed by atoms with Crippen LogP contribution in [0.4, 0.5) is 0 Å². The maximum Gasteiger partial charge on any atom is 0.326 e. The van der Waals surface area contributed by atoms with Crippen LogP contribution in [0.2, 0.25) is 5.02 Å². The number of nitrogens with one attached hydrogen (secondary N) is 1. The van der Waals surface area contributed by atoms with Crippen LogP contribution in [0, 0.1) is 5.92 Å². The molecule has 2 rings (SSSR count). The number of nitrogens with zero attached hydrogens (tertiary/aromatic N) is 2. The van der Waals surface area contributed by atoms with Gasteiger partial charge in [0.05, 0.1) is 5.69 Å². The summed E-state index contributed by atoms with van der Waals surface area (Å²) < 4.78 is 1.01. The molecule has 2 atom stereocenters. The summed E-state index contributed by atoms with van der Waals surface area (Å²) >= 11 is 5.86. The molecule has 0 bridgehead atoms. The van der Waals surface area contributed by atoms with Gasteiger partial charge in [0, 0.05) is 16.7 Å². The van der Waals surface area contributed by atoms with Gasteiger partial charge in [0.2, 0.25) is 5.91 Å². The fourth-order valence-electron chi connectivity index (χ4n) is 2.38. The Hall–Kier alpha value is -2.67. The van der Waals surface area contributed by atoms with E-state index in [1.54, 1.807) is 37.3 Å². The number of hydrogen-bond donors (Lipinski definition) is 2. The van der Waals surface area contributed by atoms with Crippen molar-refractivity contribution >= 4 is 23.5 Å². The van der Waals surface area contributed by atoms with Gasteiger partial charge in [-0.25, -0.2) is 9.48 Å². The van der Waals surface area contributed by atoms with Gasteiger partial charge in [-0.05, 0) is 24.1 Å². The van der Waals surface area contributed by atoms with E-state index in [-0.39, 0.29) is 12.5 Å². The van der Waals surface area contributed by atoms with Gasteiger partial charge >= 0.3 is 5.97 Å². The molecule has 1 aromatic heterocycles. The van der Waals surface area contributed by atoms with Crippen LogP contribution in [0.25, 0.3) is 11.3 Å². The first-order valence-corrected chi connectivity index (χ1v) is 8.56. The monoisotopic (exact) mass is 377 g/mol. The molecule has 8 heteroatoms. The van der Waals surface area contributed by atoms with Gasteiger partial charge in [0.1, 0.15) is 12.6 Å². The van der Waals surface area contributed by atoms with E-state index in [9.17, 15) is 19.5 Å². The largest absolute Gasteiger partial charge is 0.480 e. The number of benzene rings is 1. The summed E-state index contributed by atoms with van der Waals surface area (Å²) in [7, 11) is 0. The van der Waals surface area contributed by atoms with E-state index >= 15 is 0 Å². The van der Waals surface area contributed by atoms with Crippen LogP contribution in [0.1, 0.15) is 20.3 Å². The minimum atomic E-state index is -1.11. The minimum absolute atomic E-state index is 0.235. The fraction of sp³-hybridized carbons (Fsp3) is 0.333. The number of carbonyl (C=O) groups excluding carboxylic acids is 1. The Balaban J connectivity index is 2.19. The van der Waals surface area contributed by atoms with Crippen molar-refractivity contribution in [1.29, 1.82) is 0 Å². The highest BCUT2D eigenvalue weighted by atomic mass is 35.5. The predicted molar refractivity (Wildman–Crippen MR) is 98.0 cm³/mol. The Bertz CT molecular complexity index is 848. The lowest BCUT2D eigenvalue weighted by atomic mass is 9.99. The SMILES string of the molecule is CC[C@@H](C)[C@H](NC(=O)Cn1nc(-c2ccc(Cl)cc2)ccc1=O)C(=O)O. The van der Waals surface area contributed by atoms with Crippen LogP contribution in [-0.2, 0) is 16.1 Å². The lowest BCUT2D eigenvalue weighted by Crippen LogP contribution is -2.47. The molecule has 1 heterocycles. The zero-order valence-corrected chi connectivity index (χ0v) is 15.2. The molecule has 0 saturated heterocycles. The molecule has 2 aromatic rings. The number of carboxylic acids is 1. The Morgan fingerprint density at radius 1 is 1.23 bits per heavy atom. The first-order valence-electron chi connectivity index (χ1n) is 8.18. The number of rotatable bonds is 7. The number of aliphatic carboxylic acids is 1. The van der Waals surface area contributed by atoms with Crippen molar-refractivity contribution < 1.29 is 14.7 Å². The lowest BCUT2D eigenvalue weighted by molar-refractivity contribution is -0.143. The van der Waals surface area contributed by atoms with Crippen LogP contribution < -0.4 is 10.9 Å². The predicted octanol–water partition coefficient (Wildman–Crippen LogP) is 2.18. The van der Waals surface area contributed by atoms with Crippen molar-refractivity contribution in [3.8, 4) is 11.3 Å². The van der Waals surface area contributed by atoms with E-state index in [1.807, 2.05) is 6.92 Å². The highest BCUT2D eigenvalue weighted by Gasteiger charge is 2.25. The molecule has 0 aliphatic carbocycles. The molecule has 2 N–H and O–H groups in total. The summed E-state index contributed by atoms with van der Waals surface area (Å²) in [6.45, 7) is 3.22. The summed E-state index contributed by atoms with van der Waals surface area (Å²) in [6.07, 6.45) is 0.599. The van der Waals surface area contributed by atoms with E-state index in [0.717, 1.165) is 10.2 Å². The second kappa shape index (κ2) is 8.62. The average molecular weight is 378 g/mol. The minimum Gasteiger partial charge on any atom is -0.480 e. The number of carboxylic acid groups (broad SMARTS) is 1. The van der Waals surface area contributed by atoms with Gasteiger partial charge in [-0.15, -0.1) is 0 Å². The summed E-state index contributed by atoms with van der Waals surface area (Å²) in [4.78, 5) is 35.5. The normalized spacial score (nSPS) is 13.0. The van der Waals surface area contributed by atoms with E-state index in [2.05, 4.69) is 10.4 Å². The van der Waals surface area contributed by atoms with Crippen molar-refractivity contribution in [3.05, 3.63) is 51.8 Å². The van der Waals surface area contributed by atoms with Crippen LogP contribution in [0.15, 0.2) is 41.2 Å². The van der Waals surface area contributed by atoms with E-state index in [4.69, 9.17) is 11.6 Å². The molecule has 0 aliphatic rings. The molecule has 1 amide bonds. The van der Waals surface area contributed by atoms with Crippen molar-refractivity contribution in [3.63, 3.8) is 0 Å². The molecule has 0 radical (unpaired) electrons. The maximum absolute atomic E-state index is 12.2. The molecular formula is C18H20ClN3O4. The van der Waals surface area contributed by atoms with Gasteiger partial charge < -0.3 is 10.4 Å². The van der Waals surface area contributed by atoms with E-state index < -0.39 is 23.5 Å². The zero-order chi connectivity index (χ0) is 19.3. The summed E-state index contributed by atoms with van der Waals surface area (Å²) in [5, 5.41) is 16.5. The van der Waals surface area contributed by atoms with Crippen LogP contribution >= 0.6 is 11.6 Å². The third-order valence-corrected chi connectivity index (χ3v) is 4.35. The maximum atomic E-state index is 12.2. The highest BCUT2D eigenvalue weighted by molar-refractivity contribution is 6.30. The molecular weight excluding hydrogens is 358 g/mol. The first kappa shape index (κ1) is 19.7. The highest BCUT2D eigenvalue weighted by Crippen LogP contribution is 2.18. The molecule has 1 aromatic carbocycles. The number of carbonyl (C=O) groups is 2. The van der Waals surface area contributed by atoms with Gasteiger partial charge in [0.15, 0.2) is 0 Å². The molecule has 26 heavy (non-hydrogen) atoms. The van der Waals surface area contributed by atoms with E-state index in [1.165, 1.54) is 6.07 Å². The lowest BCUT2D eigenvalue weighted by Gasteiger charge is -2.20. The molecule has 0 unspecified atom stereocenters. The standard InChI is InChI=1S/C18H20ClN3O4/c1-3-11(2)17(18(25)26)20-15(23)10-22-16(24)9-8-14(21-22)12-4-6-13(19)7-5-12/h4-9,11,17H,3,10H2,1-2H3,(H,20,23)(H,25,26)/t11-,17+/m1/s1. The average Bonchev–Trinajstić information content (AvgIpc) is 2.61. The second-order valence-corrected chi connectivity index (χ2v) is 6.43. The van der Waals surface area contributed by atoms with Crippen molar-refractivity contribution in [2.24, 2.45) is 5.92 Å². The Kier molecular flexibility index (Phi) is 6.52. The zero-order valence-electron chi connectivity index (χ0n) is 14.5. The third kappa shape index (κ3) is 4.92. The Morgan fingerprint density at radius 3 is 2.46 bits per heavy atom. The third-order valence-electron chi connectivity index (χ3n) is 4.10. The van der Waals surface area contributed by atoms with Crippen LogP contribution in [-0.4, -0.2) is 32.8 Å². The van der Waals surface area contributed by atoms with Gasteiger partial charge in [-0.2, -0.15) is 5.10 Å². The molecule has 138 valence electrons. The van der Waals surface area contributed by atoms with Gasteiger partial charge in [0.25, 0.3) is 5.56 Å².